The zero-order chi connectivity index (χ0) is 23.1. The largest absolute Gasteiger partial charge is 0.383 e. The van der Waals surface area contributed by atoms with Gasteiger partial charge in [-0.2, -0.15) is 4.31 Å². The van der Waals surface area contributed by atoms with E-state index in [-0.39, 0.29) is 29.8 Å². The van der Waals surface area contributed by atoms with Gasteiger partial charge in [-0.15, -0.1) is 0 Å². The molecule has 1 aliphatic rings. The van der Waals surface area contributed by atoms with Crippen molar-refractivity contribution in [3.8, 4) is 0 Å². The summed E-state index contributed by atoms with van der Waals surface area (Å²) < 4.78 is 45.1. The smallest absolute Gasteiger partial charge is 0.253 e. The predicted molar refractivity (Wildman–Crippen MR) is 117 cm³/mol. The van der Waals surface area contributed by atoms with Crippen molar-refractivity contribution in [1.29, 1.82) is 0 Å². The number of carbonyl (C=O) groups excluding carboxylic acids is 2. The molecule has 2 amide bonds. The predicted octanol–water partition coefficient (Wildman–Crippen LogP) is 2.24. The lowest BCUT2D eigenvalue weighted by molar-refractivity contribution is -0.120. The maximum Gasteiger partial charge on any atom is 0.253 e. The molecule has 32 heavy (non-hydrogen) atoms. The minimum absolute atomic E-state index is 0.00768. The SMILES string of the molecule is COCCNC(=O)c1ccccc1NC(=O)[C@H]1CCCN(S(=O)(=O)c2ccc(F)cc2)C1. The molecule has 1 aliphatic heterocycles. The fourth-order valence-corrected chi connectivity index (χ4v) is 5.04. The molecule has 2 aromatic rings. The Morgan fingerprint density at radius 2 is 1.88 bits per heavy atom. The van der Waals surface area contributed by atoms with Crippen molar-refractivity contribution < 1.29 is 27.1 Å². The van der Waals surface area contributed by atoms with Crippen molar-refractivity contribution in [2.45, 2.75) is 17.7 Å². The van der Waals surface area contributed by atoms with Gasteiger partial charge < -0.3 is 15.4 Å². The molecule has 0 unspecified atom stereocenters. The van der Waals surface area contributed by atoms with Crippen LogP contribution in [0.25, 0.3) is 0 Å². The molecule has 10 heteroatoms. The van der Waals surface area contributed by atoms with E-state index >= 15 is 0 Å². The van der Waals surface area contributed by atoms with Crippen molar-refractivity contribution in [1.82, 2.24) is 9.62 Å². The third-order valence-corrected chi connectivity index (χ3v) is 7.11. The number of ether oxygens (including phenoxy) is 1. The van der Waals surface area contributed by atoms with Crippen LogP contribution in [0.15, 0.2) is 53.4 Å². The number of rotatable bonds is 8. The number of methoxy groups -OCH3 is 1. The molecule has 0 aliphatic carbocycles. The zero-order valence-electron chi connectivity index (χ0n) is 17.7. The van der Waals surface area contributed by atoms with Gasteiger partial charge in [-0.25, -0.2) is 12.8 Å². The summed E-state index contributed by atoms with van der Waals surface area (Å²) in [7, 11) is -2.31. The van der Waals surface area contributed by atoms with Gasteiger partial charge in [0.2, 0.25) is 15.9 Å². The Kier molecular flexibility index (Phi) is 7.94. The maximum atomic E-state index is 13.2. The maximum absolute atomic E-state index is 13.2. The van der Waals surface area contributed by atoms with Gasteiger partial charge >= 0.3 is 0 Å². The van der Waals surface area contributed by atoms with Crippen LogP contribution in [0.1, 0.15) is 23.2 Å². The van der Waals surface area contributed by atoms with E-state index in [2.05, 4.69) is 10.6 Å². The number of anilines is 1. The summed E-state index contributed by atoms with van der Waals surface area (Å²) >= 11 is 0. The molecule has 8 nitrogen and oxygen atoms in total. The fraction of sp³-hybridized carbons (Fsp3) is 0.364. The summed E-state index contributed by atoms with van der Waals surface area (Å²) in [5.74, 6) is -1.81. The minimum Gasteiger partial charge on any atom is -0.383 e. The first-order chi connectivity index (χ1) is 15.3. The van der Waals surface area contributed by atoms with Gasteiger partial charge in [0, 0.05) is 26.7 Å². The van der Waals surface area contributed by atoms with Crippen molar-refractivity contribution in [2.24, 2.45) is 5.92 Å². The molecular weight excluding hydrogens is 437 g/mol. The van der Waals surface area contributed by atoms with Crippen LogP contribution in [0, 0.1) is 11.7 Å². The number of nitrogens with one attached hydrogen (secondary N) is 2. The van der Waals surface area contributed by atoms with Crippen LogP contribution in [0.5, 0.6) is 0 Å². The molecule has 172 valence electrons. The summed E-state index contributed by atoms with van der Waals surface area (Å²) in [6, 6.07) is 11.2. The number of piperidine rings is 1. The molecule has 1 atom stereocenters. The van der Waals surface area contributed by atoms with Gasteiger partial charge in [0.25, 0.3) is 5.91 Å². The van der Waals surface area contributed by atoms with Crippen molar-refractivity contribution in [3.63, 3.8) is 0 Å². The molecule has 1 saturated heterocycles. The first-order valence-corrected chi connectivity index (χ1v) is 11.7. The van der Waals surface area contributed by atoms with Crippen LogP contribution in [0.2, 0.25) is 0 Å². The molecular formula is C22H26FN3O5S. The topological polar surface area (TPSA) is 105 Å². The highest BCUT2D eigenvalue weighted by Gasteiger charge is 2.33. The molecule has 2 N–H and O–H groups in total. The zero-order valence-corrected chi connectivity index (χ0v) is 18.5. The Hall–Kier alpha value is -2.82. The number of halogens is 1. The van der Waals surface area contributed by atoms with Crippen LogP contribution in [-0.4, -0.2) is 57.9 Å². The lowest BCUT2D eigenvalue weighted by Crippen LogP contribution is -2.43. The summed E-state index contributed by atoms with van der Waals surface area (Å²) in [5, 5.41) is 5.48. The Labute approximate surface area is 186 Å². The third-order valence-electron chi connectivity index (χ3n) is 5.23. The number of amides is 2. The average Bonchev–Trinajstić information content (AvgIpc) is 2.80. The average molecular weight is 464 g/mol. The number of sulfonamides is 1. The fourth-order valence-electron chi connectivity index (χ4n) is 3.52. The van der Waals surface area contributed by atoms with E-state index in [0.29, 0.717) is 37.2 Å². The monoisotopic (exact) mass is 463 g/mol. The van der Waals surface area contributed by atoms with Gasteiger partial charge in [-0.05, 0) is 49.2 Å². The van der Waals surface area contributed by atoms with Crippen LogP contribution in [0.3, 0.4) is 0 Å². The molecule has 0 aromatic heterocycles. The van der Waals surface area contributed by atoms with E-state index in [0.717, 1.165) is 12.1 Å². The Bertz CT molecular complexity index is 1060. The molecule has 1 fully saturated rings. The van der Waals surface area contributed by atoms with Crippen molar-refractivity contribution >= 4 is 27.5 Å². The van der Waals surface area contributed by atoms with Gasteiger partial charge in [0.15, 0.2) is 0 Å². The highest BCUT2D eigenvalue weighted by molar-refractivity contribution is 7.89. The molecule has 0 radical (unpaired) electrons. The normalized spacial score (nSPS) is 17.0. The summed E-state index contributed by atoms with van der Waals surface area (Å²) in [4.78, 5) is 25.3. The lowest BCUT2D eigenvalue weighted by Gasteiger charge is -2.31. The van der Waals surface area contributed by atoms with E-state index in [1.54, 1.807) is 24.3 Å². The van der Waals surface area contributed by atoms with E-state index in [1.165, 1.54) is 23.5 Å². The van der Waals surface area contributed by atoms with Crippen LogP contribution in [-0.2, 0) is 19.6 Å². The molecule has 2 aromatic carbocycles. The number of para-hydroxylation sites is 1. The van der Waals surface area contributed by atoms with Crippen LogP contribution >= 0.6 is 0 Å². The van der Waals surface area contributed by atoms with Gasteiger partial charge in [-0.3, -0.25) is 9.59 Å². The van der Waals surface area contributed by atoms with Crippen molar-refractivity contribution in [2.75, 3.05) is 38.7 Å². The second kappa shape index (κ2) is 10.7. The molecule has 1 heterocycles. The minimum atomic E-state index is -3.84. The molecule has 0 saturated carbocycles. The first kappa shape index (κ1) is 23.8. The second-order valence-electron chi connectivity index (χ2n) is 7.44. The van der Waals surface area contributed by atoms with E-state index in [4.69, 9.17) is 4.74 Å². The molecule has 0 bridgehead atoms. The summed E-state index contributed by atoms with van der Waals surface area (Å²) in [5.41, 5.74) is 0.662. The van der Waals surface area contributed by atoms with Gasteiger partial charge in [0.1, 0.15) is 5.82 Å². The summed E-state index contributed by atoms with van der Waals surface area (Å²) in [6.07, 6.45) is 1.03. The van der Waals surface area contributed by atoms with Gasteiger partial charge in [-0.1, -0.05) is 12.1 Å². The Morgan fingerprint density at radius 3 is 2.59 bits per heavy atom. The number of nitrogens with zero attached hydrogens (tertiary/aromatic N) is 1. The van der Waals surface area contributed by atoms with E-state index in [9.17, 15) is 22.4 Å². The quantitative estimate of drug-likeness (QED) is 0.585. The highest BCUT2D eigenvalue weighted by Crippen LogP contribution is 2.25. The summed E-state index contributed by atoms with van der Waals surface area (Å²) in [6.45, 7) is 0.979. The van der Waals surface area contributed by atoms with E-state index < -0.39 is 21.8 Å². The number of carbonyl (C=O) groups is 2. The van der Waals surface area contributed by atoms with Crippen LogP contribution < -0.4 is 10.6 Å². The van der Waals surface area contributed by atoms with E-state index in [1.807, 2.05) is 0 Å². The molecule has 0 spiro atoms. The lowest BCUT2D eigenvalue weighted by atomic mass is 9.98. The Morgan fingerprint density at radius 1 is 1.16 bits per heavy atom. The number of hydrogen-bond donors (Lipinski definition) is 2. The van der Waals surface area contributed by atoms with Crippen molar-refractivity contribution in [3.05, 3.63) is 59.9 Å². The molecule has 3 rings (SSSR count). The second-order valence-corrected chi connectivity index (χ2v) is 9.38. The third kappa shape index (κ3) is 5.70. The highest BCUT2D eigenvalue weighted by atomic mass is 32.2. The first-order valence-electron chi connectivity index (χ1n) is 10.3. The Balaban J connectivity index is 1.70. The standard InChI is InChI=1S/C22H26FN3O5S/c1-31-14-12-24-22(28)19-6-2-3-7-20(19)25-21(27)16-5-4-13-26(15-16)32(29,30)18-10-8-17(23)9-11-18/h2-3,6-11,16H,4-5,12-15H2,1H3,(H,24,28)(H,25,27)/t16-/m0/s1. The van der Waals surface area contributed by atoms with Gasteiger partial charge in [0.05, 0.1) is 28.7 Å². The van der Waals surface area contributed by atoms with Crippen LogP contribution in [0.4, 0.5) is 10.1 Å². The number of benzene rings is 2. The number of hydrogen-bond acceptors (Lipinski definition) is 5.